The van der Waals surface area contributed by atoms with Gasteiger partial charge in [-0.3, -0.25) is 19.7 Å². The van der Waals surface area contributed by atoms with E-state index < -0.39 is 16.4 Å². The monoisotopic (exact) mass is 274 g/mol. The molecule has 3 rings (SSSR count). The van der Waals surface area contributed by atoms with Crippen molar-refractivity contribution in [1.29, 1.82) is 0 Å². The molecule has 0 unspecified atom stereocenters. The molecule has 1 aliphatic rings. The van der Waals surface area contributed by atoms with Crippen LogP contribution in [0, 0.1) is 0 Å². The highest BCUT2D eigenvalue weighted by Gasteiger charge is 2.35. The zero-order chi connectivity index (χ0) is 13.6. The number of imide groups is 1. The SMILES string of the molecule is Cn1c(=O)c([C@H]2SC(=O)NC2=O)cc2ccccc21. The van der Waals surface area contributed by atoms with E-state index in [-0.39, 0.29) is 5.56 Å². The number of benzene rings is 1. The summed E-state index contributed by atoms with van der Waals surface area (Å²) in [6.07, 6.45) is 0. The molecule has 1 aromatic carbocycles. The third-order valence-electron chi connectivity index (χ3n) is 3.13. The van der Waals surface area contributed by atoms with Crippen molar-refractivity contribution >= 4 is 33.8 Å². The first-order valence-electron chi connectivity index (χ1n) is 5.68. The molecule has 0 aliphatic carbocycles. The maximum atomic E-state index is 12.3. The number of hydrogen-bond donors (Lipinski definition) is 1. The van der Waals surface area contributed by atoms with Gasteiger partial charge in [0.15, 0.2) is 0 Å². The number of hydrogen-bond acceptors (Lipinski definition) is 4. The van der Waals surface area contributed by atoms with E-state index in [9.17, 15) is 14.4 Å². The summed E-state index contributed by atoms with van der Waals surface area (Å²) in [7, 11) is 1.66. The quantitative estimate of drug-likeness (QED) is 0.857. The molecule has 19 heavy (non-hydrogen) atoms. The number of amides is 2. The van der Waals surface area contributed by atoms with Crippen molar-refractivity contribution in [3.63, 3.8) is 0 Å². The van der Waals surface area contributed by atoms with E-state index in [4.69, 9.17) is 0 Å². The van der Waals surface area contributed by atoms with E-state index in [0.717, 1.165) is 22.7 Å². The molecule has 1 fully saturated rings. The third kappa shape index (κ3) is 1.84. The van der Waals surface area contributed by atoms with Gasteiger partial charge in [-0.25, -0.2) is 0 Å². The number of nitrogens with one attached hydrogen (secondary N) is 1. The second-order valence-electron chi connectivity index (χ2n) is 4.30. The third-order valence-corrected chi connectivity index (χ3v) is 4.15. The summed E-state index contributed by atoms with van der Waals surface area (Å²) in [5.41, 5.74) is 0.890. The van der Waals surface area contributed by atoms with Gasteiger partial charge in [-0.2, -0.15) is 0 Å². The number of rotatable bonds is 1. The number of thioether (sulfide) groups is 1. The van der Waals surface area contributed by atoms with Crippen LogP contribution in [-0.2, 0) is 11.8 Å². The molecule has 1 N–H and O–H groups in total. The summed E-state index contributed by atoms with van der Waals surface area (Å²) >= 11 is 0.845. The van der Waals surface area contributed by atoms with Gasteiger partial charge in [0.05, 0.1) is 5.52 Å². The number of aromatic nitrogens is 1. The minimum Gasteiger partial charge on any atom is -0.311 e. The molecule has 6 heteroatoms. The molecular formula is C13H10N2O3S. The average Bonchev–Trinajstić information content (AvgIpc) is 2.73. The van der Waals surface area contributed by atoms with Crippen molar-refractivity contribution < 1.29 is 9.59 Å². The van der Waals surface area contributed by atoms with Crippen LogP contribution < -0.4 is 10.9 Å². The van der Waals surface area contributed by atoms with Gasteiger partial charge in [-0.05, 0) is 29.3 Å². The van der Waals surface area contributed by atoms with Crippen molar-refractivity contribution in [2.45, 2.75) is 5.25 Å². The molecule has 1 saturated heterocycles. The zero-order valence-corrected chi connectivity index (χ0v) is 10.9. The number of nitrogens with zero attached hydrogens (tertiary/aromatic N) is 1. The largest absolute Gasteiger partial charge is 0.311 e. The molecule has 2 heterocycles. The molecule has 1 aliphatic heterocycles. The predicted molar refractivity (Wildman–Crippen MR) is 73.1 cm³/mol. The first-order chi connectivity index (χ1) is 9.08. The Kier molecular flexibility index (Phi) is 2.67. The lowest BCUT2D eigenvalue weighted by molar-refractivity contribution is -0.119. The summed E-state index contributed by atoms with van der Waals surface area (Å²) in [4.78, 5) is 35.2. The van der Waals surface area contributed by atoms with Gasteiger partial charge < -0.3 is 4.57 Å². The lowest BCUT2D eigenvalue weighted by atomic mass is 10.1. The standard InChI is InChI=1S/C13H10N2O3S/c1-15-9-5-3-2-4-7(9)6-8(12(15)17)10-11(16)14-13(18)19-10/h2-6,10H,1H3,(H,14,16,18)/t10-/m1/s1. The lowest BCUT2D eigenvalue weighted by Crippen LogP contribution is -2.27. The Morgan fingerprint density at radius 3 is 2.63 bits per heavy atom. The topological polar surface area (TPSA) is 68.2 Å². The van der Waals surface area contributed by atoms with Crippen LogP contribution in [0.3, 0.4) is 0 Å². The van der Waals surface area contributed by atoms with Gasteiger partial charge >= 0.3 is 0 Å². The maximum absolute atomic E-state index is 12.3. The first-order valence-corrected chi connectivity index (χ1v) is 6.56. The molecule has 1 aromatic heterocycles. The Morgan fingerprint density at radius 1 is 1.21 bits per heavy atom. The fraction of sp³-hybridized carbons (Fsp3) is 0.154. The van der Waals surface area contributed by atoms with E-state index in [0.29, 0.717) is 5.56 Å². The maximum Gasteiger partial charge on any atom is 0.286 e. The summed E-state index contributed by atoms with van der Waals surface area (Å²) < 4.78 is 1.50. The highest BCUT2D eigenvalue weighted by Crippen LogP contribution is 2.33. The first kappa shape index (κ1) is 12.0. The summed E-state index contributed by atoms with van der Waals surface area (Å²) in [5, 5.41) is 1.90. The van der Waals surface area contributed by atoms with E-state index in [1.54, 1.807) is 13.1 Å². The van der Waals surface area contributed by atoms with E-state index in [2.05, 4.69) is 5.32 Å². The van der Waals surface area contributed by atoms with E-state index in [1.165, 1.54) is 4.57 Å². The van der Waals surface area contributed by atoms with Crippen molar-refractivity contribution in [2.75, 3.05) is 0 Å². The van der Waals surface area contributed by atoms with Crippen molar-refractivity contribution in [1.82, 2.24) is 9.88 Å². The molecule has 2 amide bonds. The Labute approximate surface area is 112 Å². The molecule has 2 aromatic rings. The van der Waals surface area contributed by atoms with Gasteiger partial charge in [0.2, 0.25) is 5.91 Å². The number of para-hydroxylation sites is 1. The Balaban J connectivity index is 2.25. The molecule has 0 radical (unpaired) electrons. The normalized spacial score (nSPS) is 18.9. The fourth-order valence-corrected chi connectivity index (χ4v) is 3.03. The van der Waals surface area contributed by atoms with Gasteiger partial charge in [0.25, 0.3) is 10.8 Å². The minimum atomic E-state index is -0.754. The minimum absolute atomic E-state index is 0.249. The van der Waals surface area contributed by atoms with Crippen LogP contribution in [0.25, 0.3) is 10.9 Å². The highest BCUT2D eigenvalue weighted by molar-refractivity contribution is 8.15. The molecule has 1 atom stereocenters. The van der Waals surface area contributed by atoms with Crippen LogP contribution in [0.1, 0.15) is 10.8 Å². The van der Waals surface area contributed by atoms with E-state index in [1.807, 2.05) is 24.3 Å². The number of fused-ring (bicyclic) bond motifs is 1. The number of carbonyl (C=O) groups is 2. The summed E-state index contributed by atoms with van der Waals surface area (Å²) in [6.45, 7) is 0. The van der Waals surface area contributed by atoms with Crippen molar-refractivity contribution in [2.24, 2.45) is 7.05 Å². The smallest absolute Gasteiger partial charge is 0.286 e. The predicted octanol–water partition coefficient (Wildman–Crippen LogP) is 1.56. The average molecular weight is 274 g/mol. The van der Waals surface area contributed by atoms with Crippen LogP contribution in [-0.4, -0.2) is 15.7 Å². The van der Waals surface area contributed by atoms with Crippen LogP contribution in [0.15, 0.2) is 35.1 Å². The number of carbonyl (C=O) groups excluding carboxylic acids is 2. The molecule has 0 saturated carbocycles. The van der Waals surface area contributed by atoms with Crippen LogP contribution in [0.2, 0.25) is 0 Å². The lowest BCUT2D eigenvalue weighted by Gasteiger charge is -2.10. The highest BCUT2D eigenvalue weighted by atomic mass is 32.2. The van der Waals surface area contributed by atoms with Gasteiger partial charge in [-0.15, -0.1) is 0 Å². The fourth-order valence-electron chi connectivity index (χ4n) is 2.20. The summed E-state index contributed by atoms with van der Waals surface area (Å²) in [6, 6.07) is 9.12. The Bertz CT molecular complexity index is 766. The number of pyridine rings is 1. The zero-order valence-electron chi connectivity index (χ0n) is 10.0. The van der Waals surface area contributed by atoms with Gasteiger partial charge in [-0.1, -0.05) is 18.2 Å². The van der Waals surface area contributed by atoms with Crippen LogP contribution >= 0.6 is 11.8 Å². The second kappa shape index (κ2) is 4.24. The van der Waals surface area contributed by atoms with Gasteiger partial charge in [0.1, 0.15) is 5.25 Å². The molecule has 96 valence electrons. The Morgan fingerprint density at radius 2 is 1.95 bits per heavy atom. The second-order valence-corrected chi connectivity index (χ2v) is 5.38. The van der Waals surface area contributed by atoms with Gasteiger partial charge in [0, 0.05) is 12.6 Å². The molecule has 5 nitrogen and oxygen atoms in total. The number of aryl methyl sites for hydroxylation is 1. The molecular weight excluding hydrogens is 264 g/mol. The van der Waals surface area contributed by atoms with Crippen molar-refractivity contribution in [3.05, 3.63) is 46.2 Å². The van der Waals surface area contributed by atoms with Crippen LogP contribution in [0.4, 0.5) is 4.79 Å². The van der Waals surface area contributed by atoms with Crippen molar-refractivity contribution in [3.8, 4) is 0 Å². The van der Waals surface area contributed by atoms with E-state index >= 15 is 0 Å². The van der Waals surface area contributed by atoms with Crippen LogP contribution in [0.5, 0.6) is 0 Å². The molecule has 0 bridgehead atoms. The Hall–Kier alpha value is -2.08. The molecule has 0 spiro atoms. The summed E-state index contributed by atoms with van der Waals surface area (Å²) in [5.74, 6) is -0.428.